The highest BCUT2D eigenvalue weighted by Gasteiger charge is 2.46. The van der Waals surface area contributed by atoms with Crippen molar-refractivity contribution in [2.24, 2.45) is 5.41 Å². The van der Waals surface area contributed by atoms with Crippen molar-refractivity contribution in [3.63, 3.8) is 0 Å². The van der Waals surface area contributed by atoms with Gasteiger partial charge in [-0.15, -0.1) is 6.42 Å². The number of piperazine rings is 1. The van der Waals surface area contributed by atoms with E-state index in [1.807, 2.05) is 0 Å². The van der Waals surface area contributed by atoms with Gasteiger partial charge in [-0.1, -0.05) is 36.3 Å². The number of benzene rings is 4. The van der Waals surface area contributed by atoms with Crippen LogP contribution < -0.4 is 15.0 Å². The Morgan fingerprint density at radius 3 is 2.39 bits per heavy atom. The Morgan fingerprint density at radius 2 is 1.69 bits per heavy atom. The Balaban J connectivity index is 1.13. The fourth-order valence-corrected chi connectivity index (χ4v) is 8.18. The van der Waals surface area contributed by atoms with Crippen molar-refractivity contribution in [3.8, 4) is 35.2 Å². The predicted octanol–water partition coefficient (Wildman–Crippen LogP) is 6.67. The van der Waals surface area contributed by atoms with Gasteiger partial charge in [0.05, 0.1) is 17.7 Å². The maximum Gasteiger partial charge on any atom is 0.319 e. The van der Waals surface area contributed by atoms with Crippen molar-refractivity contribution in [1.29, 1.82) is 0 Å². The lowest BCUT2D eigenvalue weighted by Gasteiger charge is -2.34. The van der Waals surface area contributed by atoms with Crippen LogP contribution in [0.1, 0.15) is 42.4 Å². The minimum atomic E-state index is -0.961. The van der Waals surface area contributed by atoms with Gasteiger partial charge in [-0.05, 0) is 66.5 Å². The first-order chi connectivity index (χ1) is 23.8. The summed E-state index contributed by atoms with van der Waals surface area (Å²) in [5.74, 6) is -0.0658. The number of hydrogen-bond donors (Lipinski definition) is 2. The zero-order valence-electron chi connectivity index (χ0n) is 26.8. The average molecular weight is 662 g/mol. The second kappa shape index (κ2) is 11.4. The number of rotatable bonds is 7. The molecule has 1 aromatic heterocycles. The first-order valence-corrected chi connectivity index (χ1v) is 16.8. The molecule has 2 unspecified atom stereocenters. The quantitative estimate of drug-likeness (QED) is 0.189. The summed E-state index contributed by atoms with van der Waals surface area (Å²) >= 11 is 0. The Morgan fingerprint density at radius 1 is 0.959 bits per heavy atom. The average Bonchev–Trinajstić information content (AvgIpc) is 3.60. The van der Waals surface area contributed by atoms with Crippen LogP contribution in [0.4, 0.5) is 19.0 Å². The fourth-order valence-electron chi connectivity index (χ4n) is 8.18. The van der Waals surface area contributed by atoms with E-state index in [1.54, 1.807) is 0 Å². The number of halogens is 3. The number of anilines is 1. The Kier molecular flexibility index (Phi) is 7.01. The van der Waals surface area contributed by atoms with Crippen molar-refractivity contribution in [2.45, 2.75) is 50.9 Å². The number of fused-ring (bicyclic) bond motifs is 5. The van der Waals surface area contributed by atoms with Crippen molar-refractivity contribution in [3.05, 3.63) is 88.7 Å². The number of aromatic nitrogens is 2. The lowest BCUT2D eigenvalue weighted by atomic mass is 9.92. The van der Waals surface area contributed by atoms with Crippen LogP contribution in [0.15, 0.2) is 54.6 Å². The van der Waals surface area contributed by atoms with E-state index in [2.05, 4.69) is 50.3 Å². The highest BCUT2D eigenvalue weighted by molar-refractivity contribution is 6.04. The van der Waals surface area contributed by atoms with Gasteiger partial charge in [0.1, 0.15) is 28.7 Å². The third kappa shape index (κ3) is 5.23. The van der Waals surface area contributed by atoms with E-state index in [4.69, 9.17) is 16.1 Å². The lowest BCUT2D eigenvalue weighted by Crippen LogP contribution is -2.51. The van der Waals surface area contributed by atoms with Crippen molar-refractivity contribution < 1.29 is 23.0 Å². The van der Waals surface area contributed by atoms with Crippen molar-refractivity contribution in [2.75, 3.05) is 31.1 Å². The summed E-state index contributed by atoms with van der Waals surface area (Å²) in [6, 6.07) is 15.4. The van der Waals surface area contributed by atoms with Crippen LogP contribution in [0.3, 0.4) is 0 Å². The summed E-state index contributed by atoms with van der Waals surface area (Å²) in [6.45, 7) is 4.30. The van der Waals surface area contributed by atoms with E-state index in [-0.39, 0.29) is 56.7 Å². The molecule has 3 aliphatic heterocycles. The summed E-state index contributed by atoms with van der Waals surface area (Å²) in [5, 5.41) is 14.9. The van der Waals surface area contributed by atoms with E-state index in [9.17, 15) is 9.50 Å². The summed E-state index contributed by atoms with van der Waals surface area (Å²) < 4.78 is 54.5. The van der Waals surface area contributed by atoms with Crippen molar-refractivity contribution in [1.82, 2.24) is 20.2 Å². The van der Waals surface area contributed by atoms with E-state index in [1.165, 1.54) is 41.5 Å². The fraction of sp³-hybridized carbons (Fsp3) is 0.333. The third-order valence-corrected chi connectivity index (χ3v) is 10.8. The molecule has 0 amide bonds. The molecule has 9 rings (SSSR count). The molecule has 5 aromatic rings. The molecule has 3 fully saturated rings. The molecule has 49 heavy (non-hydrogen) atoms. The Bertz CT molecular complexity index is 2180. The van der Waals surface area contributed by atoms with Crippen LogP contribution in [0.2, 0.25) is 0 Å². The summed E-state index contributed by atoms with van der Waals surface area (Å²) in [5.41, 5.74) is 1.86. The molecule has 248 valence electrons. The Hall–Kier alpha value is -4.85. The van der Waals surface area contributed by atoms with Crippen LogP contribution in [0, 0.1) is 35.2 Å². The van der Waals surface area contributed by atoms with Gasteiger partial charge in [0.2, 0.25) is 0 Å². The van der Waals surface area contributed by atoms with E-state index in [0.717, 1.165) is 45.3 Å². The first-order valence-electron chi connectivity index (χ1n) is 16.8. The van der Waals surface area contributed by atoms with Crippen LogP contribution in [0.5, 0.6) is 11.8 Å². The molecular weight excluding hydrogens is 627 g/mol. The van der Waals surface area contributed by atoms with Crippen LogP contribution in [-0.4, -0.2) is 58.3 Å². The minimum Gasteiger partial charge on any atom is -0.508 e. The van der Waals surface area contributed by atoms with Gasteiger partial charge in [-0.2, -0.15) is 9.97 Å². The van der Waals surface area contributed by atoms with E-state index < -0.39 is 23.0 Å². The third-order valence-electron chi connectivity index (χ3n) is 10.8. The highest BCUT2D eigenvalue weighted by atomic mass is 19.1. The zero-order valence-corrected chi connectivity index (χ0v) is 26.8. The highest BCUT2D eigenvalue weighted by Crippen LogP contribution is 2.48. The number of terminal acetylenes is 1. The number of ether oxygens (including phenoxy) is 1. The molecule has 7 nitrogen and oxygen atoms in total. The molecule has 2 N–H and O–H groups in total. The van der Waals surface area contributed by atoms with Gasteiger partial charge in [0, 0.05) is 66.6 Å². The normalized spacial score (nSPS) is 20.9. The molecule has 4 heterocycles. The van der Waals surface area contributed by atoms with E-state index >= 15 is 8.78 Å². The second-order valence-corrected chi connectivity index (χ2v) is 14.2. The maximum atomic E-state index is 16.9. The molecule has 2 bridgehead atoms. The van der Waals surface area contributed by atoms with Gasteiger partial charge < -0.3 is 20.1 Å². The van der Waals surface area contributed by atoms with E-state index in [0.29, 0.717) is 30.9 Å². The topological polar surface area (TPSA) is 73.8 Å². The van der Waals surface area contributed by atoms with Gasteiger partial charge in [-0.25, -0.2) is 13.2 Å². The molecule has 1 aliphatic carbocycles. The number of hydrogen-bond acceptors (Lipinski definition) is 7. The van der Waals surface area contributed by atoms with Gasteiger partial charge >= 0.3 is 6.01 Å². The largest absolute Gasteiger partial charge is 0.508 e. The number of nitrogens with zero attached hydrogens (tertiary/aromatic N) is 4. The molecular formula is C39H34F3N5O2. The molecule has 0 spiro atoms. The smallest absolute Gasteiger partial charge is 0.319 e. The molecule has 10 heteroatoms. The van der Waals surface area contributed by atoms with Crippen LogP contribution >= 0.6 is 0 Å². The molecule has 4 aromatic carbocycles. The number of aromatic hydroxyl groups is 1. The predicted molar refractivity (Wildman–Crippen MR) is 182 cm³/mol. The number of phenols is 1. The standard InChI is InChI=1S/C39H34F3N5O2/c1-2-28-31(40)10-7-22-13-27(48)14-29(33(22)28)34-32(41)15-30-36(35(34)42)44-38(45-37(30)47-18-25-8-9-26(19-47)43-25)49-21-39(11-12-39)20-46-16-23-5-3-4-6-24(23)17-46/h1,3-7,10,13-15,25-26,43,48H,8-9,11-12,16-21H2. The zero-order chi connectivity index (χ0) is 33.4. The minimum absolute atomic E-state index is 0.0250. The Labute approximate surface area is 281 Å². The van der Waals surface area contributed by atoms with Gasteiger partial charge in [0.15, 0.2) is 5.82 Å². The molecule has 0 radical (unpaired) electrons. The summed E-state index contributed by atoms with van der Waals surface area (Å²) in [7, 11) is 0. The lowest BCUT2D eigenvalue weighted by molar-refractivity contribution is 0.154. The molecule has 2 atom stereocenters. The summed E-state index contributed by atoms with van der Waals surface area (Å²) in [4.78, 5) is 13.9. The molecule has 1 saturated carbocycles. The SMILES string of the molecule is C#Cc1c(F)ccc2cc(O)cc(-c3c(F)cc4c(N5CC6CCC(C5)N6)nc(OCC5(CN6Cc7ccccc7C6)CC5)nc4c3F)c12. The molecule has 4 aliphatic rings. The number of nitrogens with one attached hydrogen (secondary N) is 1. The summed E-state index contributed by atoms with van der Waals surface area (Å²) in [6.07, 6.45) is 9.71. The monoisotopic (exact) mass is 661 g/mol. The molecule has 2 saturated heterocycles. The maximum absolute atomic E-state index is 16.9. The first kappa shape index (κ1) is 30.2. The second-order valence-electron chi connectivity index (χ2n) is 14.2. The van der Waals surface area contributed by atoms with Gasteiger partial charge in [0.25, 0.3) is 0 Å². The number of phenolic OH excluding ortho intramolecular Hbond substituents is 1. The van der Waals surface area contributed by atoms with Crippen LogP contribution in [0.25, 0.3) is 32.8 Å². The van der Waals surface area contributed by atoms with Crippen molar-refractivity contribution >= 4 is 27.5 Å². The van der Waals surface area contributed by atoms with Crippen LogP contribution in [-0.2, 0) is 13.1 Å². The van der Waals surface area contributed by atoms with Gasteiger partial charge in [-0.3, -0.25) is 4.90 Å².